The summed E-state index contributed by atoms with van der Waals surface area (Å²) in [5.41, 5.74) is 8.85. The molecular formula is C54H49F4NO11S3. The van der Waals surface area contributed by atoms with Gasteiger partial charge in [-0.25, -0.2) is 47.6 Å². The van der Waals surface area contributed by atoms with E-state index >= 15 is 17.6 Å². The Balaban J connectivity index is 1.25. The highest BCUT2D eigenvalue weighted by molar-refractivity contribution is 8.04. The quantitative estimate of drug-likeness (QED) is 0.0305. The molecule has 0 aromatic heterocycles. The molecule has 0 spiro atoms. The Labute approximate surface area is 420 Å². The smallest absolute Gasteiger partial charge is 0.333 e. The minimum Gasteiger partial charge on any atom is -0.465 e. The van der Waals surface area contributed by atoms with Gasteiger partial charge in [0, 0.05) is 33.9 Å². The summed E-state index contributed by atoms with van der Waals surface area (Å²) >= 11 is 0. The van der Waals surface area contributed by atoms with Crippen molar-refractivity contribution in [1.29, 1.82) is 0 Å². The summed E-state index contributed by atoms with van der Waals surface area (Å²) in [6.45, 7) is 13.5. The van der Waals surface area contributed by atoms with Gasteiger partial charge in [-0.2, -0.15) is 0 Å². The fourth-order valence-electron chi connectivity index (χ4n) is 8.54. The number of hydrogen-bond acceptors (Lipinski definition) is 11. The number of ether oxygens (including phenoxy) is 3. The Kier molecular flexibility index (Phi) is 15.7. The zero-order chi connectivity index (χ0) is 53.3. The predicted molar refractivity (Wildman–Crippen MR) is 265 cm³/mol. The molecule has 19 heteroatoms. The lowest BCUT2D eigenvalue weighted by Crippen LogP contribution is -2.34. The largest absolute Gasteiger partial charge is 0.465 e. The van der Waals surface area contributed by atoms with E-state index in [9.17, 15) is 34.8 Å². The maximum Gasteiger partial charge on any atom is 0.333 e. The molecular weight excluding hydrogens is 1010 g/mol. The third-order valence-corrected chi connectivity index (χ3v) is 17.3. The molecule has 0 atom stereocenters. The lowest BCUT2D eigenvalue weighted by Gasteiger charge is -2.24. The van der Waals surface area contributed by atoms with Crippen LogP contribution in [0.5, 0.6) is 11.5 Å². The molecule has 0 radical (unpaired) electrons. The second kappa shape index (κ2) is 21.3. The number of halogens is 4. The fraction of sp³-hybridized carbons (Fsp3) is 0.222. The van der Waals surface area contributed by atoms with Crippen molar-refractivity contribution in [3.8, 4) is 11.5 Å². The third kappa shape index (κ3) is 11.5. The van der Waals surface area contributed by atoms with Crippen LogP contribution in [0.15, 0.2) is 118 Å². The summed E-state index contributed by atoms with van der Waals surface area (Å²) in [5.74, 6) is -13.4. The van der Waals surface area contributed by atoms with Gasteiger partial charge in [-0.1, -0.05) is 78.9 Å². The monoisotopic (exact) mass is 1060 g/mol. The number of carbonyl (C=O) groups is 2. The highest BCUT2D eigenvalue weighted by Gasteiger charge is 2.40. The van der Waals surface area contributed by atoms with Crippen LogP contribution in [0, 0.1) is 57.9 Å². The van der Waals surface area contributed by atoms with Crippen LogP contribution in [0.2, 0.25) is 0 Å². The van der Waals surface area contributed by atoms with Crippen molar-refractivity contribution in [2.75, 3.05) is 19.0 Å². The van der Waals surface area contributed by atoms with E-state index in [-0.39, 0.29) is 36.2 Å². The van der Waals surface area contributed by atoms with Crippen molar-refractivity contribution < 1.29 is 66.6 Å². The van der Waals surface area contributed by atoms with E-state index in [1.807, 2.05) is 71.0 Å². The number of esters is 2. The van der Waals surface area contributed by atoms with E-state index in [1.54, 1.807) is 24.3 Å². The van der Waals surface area contributed by atoms with Gasteiger partial charge >= 0.3 is 11.9 Å². The average Bonchev–Trinajstić information content (AvgIpc) is 3.30. The molecule has 6 aromatic rings. The number of hydrogen-bond donors (Lipinski definition) is 1. The molecule has 382 valence electrons. The highest BCUT2D eigenvalue weighted by atomic mass is 32.3. The van der Waals surface area contributed by atoms with E-state index in [4.69, 9.17) is 14.2 Å². The maximum absolute atomic E-state index is 15.8. The first-order valence-corrected chi connectivity index (χ1v) is 27.2. The molecule has 1 aliphatic heterocycles. The first-order valence-electron chi connectivity index (χ1n) is 22.6. The fourth-order valence-corrected chi connectivity index (χ4v) is 13.0. The number of sulfone groups is 1. The van der Waals surface area contributed by atoms with Crippen LogP contribution in [0.25, 0.3) is 11.6 Å². The normalized spacial score (nSPS) is 12.7. The van der Waals surface area contributed by atoms with E-state index in [0.29, 0.717) is 28.7 Å². The summed E-state index contributed by atoms with van der Waals surface area (Å²) in [6, 6.07) is 25.8. The molecule has 0 amide bonds. The van der Waals surface area contributed by atoms with Crippen LogP contribution in [0.1, 0.15) is 75.4 Å². The molecule has 6 aromatic carbocycles. The summed E-state index contributed by atoms with van der Waals surface area (Å²) < 4.78 is 162. The topological polar surface area (TPSA) is 176 Å². The zero-order valence-electron chi connectivity index (χ0n) is 40.4. The zero-order valence-corrected chi connectivity index (χ0v) is 42.9. The molecule has 7 rings (SSSR count). The number of benzene rings is 6. The maximum atomic E-state index is 15.8. The number of sulfonamides is 2. The molecule has 0 unspecified atom stereocenters. The standard InChI is InChI=1S/C54H49F4NO11S3/c1-30(2)54(61)69-21-11-16-46(60)68-22-23-71(62,63)52-48(55)50(57)53(51(58)49(52)56)73(66,67)59-72(64,65)45-15-9-8-14-40(45)47-38-19-17-36(26-41-32(4)12-10-13-33(41)5)28-43(38)70-44-29-37(18-20-39(44)47)27-42-34(6)24-31(3)25-35(42)7/h8-10,12-15,17-20,24-26,28-29,59H,1,11,16,21-23,27H2,2-7H3/b36-26+. The predicted octanol–water partition coefficient (Wildman–Crippen LogP) is 8.44. The molecule has 1 N–H and O–H groups in total. The van der Waals surface area contributed by atoms with Crippen LogP contribution >= 0.6 is 0 Å². The first-order chi connectivity index (χ1) is 34.3. The Morgan fingerprint density at radius 2 is 1.30 bits per heavy atom. The number of aryl methyl sites for hydroxylation is 5. The summed E-state index contributed by atoms with van der Waals surface area (Å²) in [7, 11) is -17.0. The molecule has 73 heavy (non-hydrogen) atoms. The van der Waals surface area contributed by atoms with Gasteiger partial charge in [0.15, 0.2) is 38.0 Å². The van der Waals surface area contributed by atoms with Gasteiger partial charge in [0.1, 0.15) is 23.0 Å². The molecule has 0 aliphatic carbocycles. The van der Waals surface area contributed by atoms with Crippen LogP contribution in [-0.2, 0) is 55.4 Å². The number of fused-ring (bicyclic) bond motifs is 2. The van der Waals surface area contributed by atoms with Gasteiger partial charge in [0.25, 0.3) is 20.0 Å². The van der Waals surface area contributed by atoms with Gasteiger partial charge in [0.05, 0.1) is 17.3 Å². The molecule has 1 heterocycles. The number of carbonyl (C=O) groups excluding carboxylic acids is 2. The Hall–Kier alpha value is -6.93. The third-order valence-electron chi connectivity index (χ3n) is 12.0. The minimum atomic E-state index is -6.15. The van der Waals surface area contributed by atoms with Gasteiger partial charge in [-0.15, -0.1) is 4.13 Å². The van der Waals surface area contributed by atoms with Crippen LogP contribution < -0.4 is 19.3 Å². The average molecular weight is 1060 g/mol. The van der Waals surface area contributed by atoms with Crippen LogP contribution in [-0.4, -0.2) is 56.2 Å². The molecule has 0 saturated heterocycles. The lowest BCUT2D eigenvalue weighted by atomic mass is 9.89. The second-order valence-corrected chi connectivity index (χ2v) is 23.2. The van der Waals surface area contributed by atoms with Gasteiger partial charge in [0.2, 0.25) is 0 Å². The summed E-state index contributed by atoms with van der Waals surface area (Å²) in [4.78, 5) is 18.1. The molecule has 12 nitrogen and oxygen atoms in total. The van der Waals surface area contributed by atoms with E-state index in [2.05, 4.69) is 18.7 Å². The number of nitrogens with one attached hydrogen (secondary N) is 1. The van der Waals surface area contributed by atoms with Crippen LogP contribution in [0.4, 0.5) is 17.6 Å². The Morgan fingerprint density at radius 1 is 0.671 bits per heavy atom. The molecule has 0 bridgehead atoms. The van der Waals surface area contributed by atoms with Gasteiger partial charge in [-0.3, -0.25) is 4.79 Å². The van der Waals surface area contributed by atoms with Crippen molar-refractivity contribution in [1.82, 2.24) is 4.13 Å². The highest BCUT2D eigenvalue weighted by Crippen LogP contribution is 2.40. The van der Waals surface area contributed by atoms with E-state index in [0.717, 1.165) is 55.8 Å². The van der Waals surface area contributed by atoms with Crippen molar-refractivity contribution in [3.63, 3.8) is 0 Å². The van der Waals surface area contributed by atoms with Crippen molar-refractivity contribution in [2.24, 2.45) is 0 Å². The summed E-state index contributed by atoms with van der Waals surface area (Å²) in [5, 5.41) is 1.11. The van der Waals surface area contributed by atoms with Crippen LogP contribution in [0.3, 0.4) is 0 Å². The Bertz CT molecular complexity index is 3690. The van der Waals surface area contributed by atoms with Crippen molar-refractivity contribution >= 4 is 53.5 Å². The molecule has 1 aliphatic rings. The van der Waals surface area contributed by atoms with Gasteiger partial charge < -0.3 is 14.2 Å². The minimum absolute atomic E-state index is 0.0591. The second-order valence-electron chi connectivity index (χ2n) is 17.6. The molecule has 0 saturated carbocycles. The van der Waals surface area contributed by atoms with Crippen molar-refractivity contribution in [3.05, 3.63) is 192 Å². The van der Waals surface area contributed by atoms with E-state index in [1.165, 1.54) is 29.3 Å². The van der Waals surface area contributed by atoms with Crippen molar-refractivity contribution in [2.45, 2.75) is 75.5 Å². The summed E-state index contributed by atoms with van der Waals surface area (Å²) in [6.07, 6.45) is 2.04. The number of rotatable bonds is 17. The van der Waals surface area contributed by atoms with Gasteiger partial charge in [-0.05, 0) is 129 Å². The first kappa shape index (κ1) is 53.9. The molecule has 0 fully saturated rings. The SMILES string of the molecule is C=C(C)C(=O)OCCCC(=O)OCCS(=O)(=O)c1c(F)c(F)c(S(=O)(=O)NS(=O)(=O)c2ccccc2C2=c3cc/c(=C\c4c(C)cccc4C)cc3Oc3cc(Cc4c(C)cc(C)cc4C)ccc32)c(F)c1F. The van der Waals surface area contributed by atoms with E-state index < -0.39 is 92.1 Å². The lowest BCUT2D eigenvalue weighted by molar-refractivity contribution is -0.145. The Morgan fingerprint density at radius 3 is 1.95 bits per heavy atom.